The van der Waals surface area contributed by atoms with Gasteiger partial charge in [-0.2, -0.15) is 0 Å². The first kappa shape index (κ1) is 14.9. The number of anilines is 2. The van der Waals surface area contributed by atoms with Gasteiger partial charge in [-0.1, -0.05) is 0 Å². The predicted molar refractivity (Wildman–Crippen MR) is 86.1 cm³/mol. The first-order valence-corrected chi connectivity index (χ1v) is 7.26. The number of benzene rings is 2. The number of carbonyl (C=O) groups excluding carboxylic acids is 2. The Labute approximate surface area is 133 Å². The highest BCUT2D eigenvalue weighted by molar-refractivity contribution is 6.06. The summed E-state index contributed by atoms with van der Waals surface area (Å²) in [4.78, 5) is 23.6. The molecule has 0 saturated heterocycles. The first-order valence-electron chi connectivity index (χ1n) is 7.26. The van der Waals surface area contributed by atoms with Gasteiger partial charge in [-0.05, 0) is 49.4 Å². The zero-order chi connectivity index (χ0) is 16.2. The Morgan fingerprint density at radius 1 is 1.26 bits per heavy atom. The number of hydrogen-bond donors (Lipinski definition) is 2. The summed E-state index contributed by atoms with van der Waals surface area (Å²) in [5, 5.41) is 5.48. The number of fused-ring (bicyclic) bond motifs is 1. The quantitative estimate of drug-likeness (QED) is 0.910. The molecule has 0 spiro atoms. The molecular weight excluding hydrogens is 296 g/mol. The molecule has 0 radical (unpaired) electrons. The molecule has 1 aliphatic heterocycles. The maximum absolute atomic E-state index is 12.3. The molecule has 6 nitrogen and oxygen atoms in total. The molecule has 1 heterocycles. The molecule has 1 aliphatic rings. The molecular formula is C17H16N2O4. The molecule has 3 rings (SSSR count). The number of carbonyl (C=O) groups is 2. The number of nitrogens with one attached hydrogen (secondary N) is 2. The fourth-order valence-corrected chi connectivity index (χ4v) is 2.23. The molecule has 2 amide bonds. The van der Waals surface area contributed by atoms with Crippen molar-refractivity contribution in [2.24, 2.45) is 0 Å². The normalized spacial score (nSPS) is 12.7. The molecule has 2 N–H and O–H groups in total. The first-order chi connectivity index (χ1) is 11.2. The van der Waals surface area contributed by atoms with E-state index in [1.54, 1.807) is 42.5 Å². The summed E-state index contributed by atoms with van der Waals surface area (Å²) in [6.45, 7) is 2.49. The summed E-state index contributed by atoms with van der Waals surface area (Å²) in [6.07, 6.45) is 0. The second-order valence-corrected chi connectivity index (χ2v) is 4.96. The second kappa shape index (κ2) is 6.39. The van der Waals surface area contributed by atoms with Crippen LogP contribution in [0.25, 0.3) is 0 Å². The van der Waals surface area contributed by atoms with Crippen LogP contribution in [0.1, 0.15) is 17.3 Å². The molecule has 2 aromatic rings. The Hall–Kier alpha value is -3.02. The van der Waals surface area contributed by atoms with Crippen LogP contribution in [0.15, 0.2) is 42.5 Å². The summed E-state index contributed by atoms with van der Waals surface area (Å²) in [7, 11) is 0. The van der Waals surface area contributed by atoms with Crippen LogP contribution in [-0.2, 0) is 4.79 Å². The van der Waals surface area contributed by atoms with Crippen LogP contribution in [-0.4, -0.2) is 25.0 Å². The third-order valence-electron chi connectivity index (χ3n) is 3.30. The van der Waals surface area contributed by atoms with Crippen LogP contribution >= 0.6 is 0 Å². The average Bonchev–Trinajstić information content (AvgIpc) is 2.56. The fourth-order valence-electron chi connectivity index (χ4n) is 2.23. The summed E-state index contributed by atoms with van der Waals surface area (Å²) in [5.74, 6) is 0.805. The molecule has 0 aliphatic carbocycles. The van der Waals surface area contributed by atoms with Gasteiger partial charge in [-0.25, -0.2) is 0 Å². The van der Waals surface area contributed by atoms with Gasteiger partial charge in [-0.3, -0.25) is 9.59 Å². The largest absolute Gasteiger partial charge is 0.494 e. The summed E-state index contributed by atoms with van der Waals surface area (Å²) in [5.41, 5.74) is 1.60. The van der Waals surface area contributed by atoms with Crippen LogP contribution in [0.3, 0.4) is 0 Å². The van der Waals surface area contributed by atoms with E-state index in [4.69, 9.17) is 9.47 Å². The smallest absolute Gasteiger partial charge is 0.262 e. The van der Waals surface area contributed by atoms with Crippen molar-refractivity contribution in [1.29, 1.82) is 0 Å². The molecule has 6 heteroatoms. The summed E-state index contributed by atoms with van der Waals surface area (Å²) >= 11 is 0. The van der Waals surface area contributed by atoms with Crippen molar-refractivity contribution in [1.82, 2.24) is 0 Å². The Morgan fingerprint density at radius 3 is 2.78 bits per heavy atom. The second-order valence-electron chi connectivity index (χ2n) is 4.96. The highest BCUT2D eigenvalue weighted by Crippen LogP contribution is 2.28. The lowest BCUT2D eigenvalue weighted by molar-refractivity contribution is -0.118. The number of amides is 2. The molecule has 0 atom stereocenters. The highest BCUT2D eigenvalue weighted by Gasteiger charge is 2.17. The van der Waals surface area contributed by atoms with E-state index in [0.29, 0.717) is 29.3 Å². The van der Waals surface area contributed by atoms with E-state index in [0.717, 1.165) is 5.75 Å². The molecule has 0 bridgehead atoms. The molecule has 0 aromatic heterocycles. The van der Waals surface area contributed by atoms with Gasteiger partial charge in [0.05, 0.1) is 12.3 Å². The molecule has 118 valence electrons. The standard InChI is InChI=1S/C17H16N2O4/c1-2-22-13-6-4-12(5-7-13)18-17(21)11-3-8-15-14(9-11)19-16(20)10-23-15/h3-9H,2,10H2,1H3,(H,18,21)(H,19,20). The van der Waals surface area contributed by atoms with Crippen molar-refractivity contribution in [2.75, 3.05) is 23.8 Å². The lowest BCUT2D eigenvalue weighted by Crippen LogP contribution is -2.25. The van der Waals surface area contributed by atoms with Gasteiger partial charge >= 0.3 is 0 Å². The van der Waals surface area contributed by atoms with Gasteiger partial charge < -0.3 is 20.1 Å². The van der Waals surface area contributed by atoms with E-state index in [-0.39, 0.29) is 18.4 Å². The van der Waals surface area contributed by atoms with Gasteiger partial charge in [0.25, 0.3) is 11.8 Å². The van der Waals surface area contributed by atoms with E-state index in [1.165, 1.54) is 0 Å². The zero-order valence-electron chi connectivity index (χ0n) is 12.6. The maximum atomic E-state index is 12.3. The SMILES string of the molecule is CCOc1ccc(NC(=O)c2ccc3c(c2)NC(=O)CO3)cc1. The topological polar surface area (TPSA) is 76.7 Å². The van der Waals surface area contributed by atoms with Crippen LogP contribution in [0, 0.1) is 0 Å². The van der Waals surface area contributed by atoms with E-state index >= 15 is 0 Å². The minimum atomic E-state index is -0.267. The minimum absolute atomic E-state index is 0.00920. The third-order valence-corrected chi connectivity index (χ3v) is 3.30. The van der Waals surface area contributed by atoms with Crippen LogP contribution in [0.4, 0.5) is 11.4 Å². The van der Waals surface area contributed by atoms with Crippen molar-refractivity contribution in [3.8, 4) is 11.5 Å². The van der Waals surface area contributed by atoms with Crippen LogP contribution in [0.2, 0.25) is 0 Å². The van der Waals surface area contributed by atoms with Gasteiger partial charge in [0.1, 0.15) is 11.5 Å². The Bertz CT molecular complexity index is 741. The number of ether oxygens (including phenoxy) is 2. The van der Waals surface area contributed by atoms with E-state index in [9.17, 15) is 9.59 Å². The molecule has 2 aromatic carbocycles. The lowest BCUT2D eigenvalue weighted by atomic mass is 10.1. The van der Waals surface area contributed by atoms with Crippen molar-refractivity contribution < 1.29 is 19.1 Å². The van der Waals surface area contributed by atoms with Crippen LogP contribution < -0.4 is 20.1 Å². The molecule has 0 fully saturated rings. The molecule has 23 heavy (non-hydrogen) atoms. The highest BCUT2D eigenvalue weighted by atomic mass is 16.5. The summed E-state index contributed by atoms with van der Waals surface area (Å²) < 4.78 is 10.6. The van der Waals surface area contributed by atoms with Crippen molar-refractivity contribution in [3.63, 3.8) is 0 Å². The third kappa shape index (κ3) is 3.42. The predicted octanol–water partition coefficient (Wildman–Crippen LogP) is 2.67. The zero-order valence-corrected chi connectivity index (χ0v) is 12.6. The molecule has 0 unspecified atom stereocenters. The van der Waals surface area contributed by atoms with Crippen molar-refractivity contribution >= 4 is 23.2 Å². The summed E-state index contributed by atoms with van der Waals surface area (Å²) in [6, 6.07) is 12.0. The number of hydrogen-bond acceptors (Lipinski definition) is 4. The Morgan fingerprint density at radius 2 is 2.04 bits per heavy atom. The van der Waals surface area contributed by atoms with Crippen molar-refractivity contribution in [3.05, 3.63) is 48.0 Å². The molecule has 0 saturated carbocycles. The van der Waals surface area contributed by atoms with Crippen LogP contribution in [0.5, 0.6) is 11.5 Å². The van der Waals surface area contributed by atoms with Gasteiger partial charge in [0.2, 0.25) is 0 Å². The van der Waals surface area contributed by atoms with Gasteiger partial charge in [-0.15, -0.1) is 0 Å². The van der Waals surface area contributed by atoms with E-state index in [1.807, 2.05) is 6.92 Å². The number of rotatable bonds is 4. The fraction of sp³-hybridized carbons (Fsp3) is 0.176. The van der Waals surface area contributed by atoms with Gasteiger partial charge in [0, 0.05) is 11.3 Å². The maximum Gasteiger partial charge on any atom is 0.262 e. The van der Waals surface area contributed by atoms with E-state index in [2.05, 4.69) is 10.6 Å². The lowest BCUT2D eigenvalue weighted by Gasteiger charge is -2.18. The van der Waals surface area contributed by atoms with Crippen molar-refractivity contribution in [2.45, 2.75) is 6.92 Å². The van der Waals surface area contributed by atoms with E-state index < -0.39 is 0 Å². The average molecular weight is 312 g/mol. The Kier molecular flexibility index (Phi) is 4.14. The van der Waals surface area contributed by atoms with Gasteiger partial charge in [0.15, 0.2) is 6.61 Å². The minimum Gasteiger partial charge on any atom is -0.494 e. The Balaban J connectivity index is 1.73. The monoisotopic (exact) mass is 312 g/mol.